The highest BCUT2D eigenvalue weighted by Gasteiger charge is 2.30. The lowest BCUT2D eigenvalue weighted by molar-refractivity contribution is -0.161. The Morgan fingerprint density at radius 1 is 0.300 bits per heavy atom. The SMILES string of the molecule is CC/C=C\C/C=C\C/C=C\C/C=C\C/C=C\CC(=O)OCC(COP(=O)(O)OCC(O)COP(=O)(O)OCC(COC(=O)CCCCCCC/C=C\C/C=C\CCCCC)OC(=O)CCCCCCC/C=C\C/C=C\CCCCC)OC(=O)CCCCCCCCCCCCCCCCC. The zero-order chi connectivity index (χ0) is 73.2. The Labute approximate surface area is 607 Å². The van der Waals surface area contributed by atoms with E-state index in [-0.39, 0.29) is 25.7 Å². The van der Waals surface area contributed by atoms with Crippen LogP contribution >= 0.6 is 15.6 Å². The highest BCUT2D eigenvalue weighted by molar-refractivity contribution is 7.47. The Bertz CT molecular complexity index is 2320. The van der Waals surface area contributed by atoms with Gasteiger partial charge in [-0.2, -0.15) is 0 Å². The second-order valence-corrected chi connectivity index (χ2v) is 28.8. The first-order chi connectivity index (χ1) is 48.7. The van der Waals surface area contributed by atoms with Crippen LogP contribution in [0.3, 0.4) is 0 Å². The van der Waals surface area contributed by atoms with Gasteiger partial charge in [0.05, 0.1) is 32.8 Å². The summed E-state index contributed by atoms with van der Waals surface area (Å²) in [6.45, 7) is 4.59. The summed E-state index contributed by atoms with van der Waals surface area (Å²) in [7, 11) is -9.98. The summed E-state index contributed by atoms with van der Waals surface area (Å²) >= 11 is 0. The number of carbonyl (C=O) groups excluding carboxylic acids is 4. The number of carbonyl (C=O) groups is 4. The maximum absolute atomic E-state index is 13.1. The van der Waals surface area contributed by atoms with Gasteiger partial charge in [0, 0.05) is 19.3 Å². The normalized spacial score (nSPS) is 14.5. The topological polar surface area (TPSA) is 237 Å². The minimum atomic E-state index is -4.99. The van der Waals surface area contributed by atoms with Crippen LogP contribution in [0.15, 0.2) is 109 Å². The van der Waals surface area contributed by atoms with E-state index >= 15 is 0 Å². The van der Waals surface area contributed by atoms with E-state index in [1.807, 2.05) is 18.2 Å². The van der Waals surface area contributed by atoms with Gasteiger partial charge in [-0.05, 0) is 116 Å². The van der Waals surface area contributed by atoms with Crippen molar-refractivity contribution in [3.63, 3.8) is 0 Å². The first kappa shape index (κ1) is 95.7. The number of phosphoric acid groups is 2. The van der Waals surface area contributed by atoms with Crippen LogP contribution < -0.4 is 0 Å². The Morgan fingerprint density at radius 2 is 0.560 bits per heavy atom. The van der Waals surface area contributed by atoms with Gasteiger partial charge in [-0.15, -0.1) is 0 Å². The molecular weight excluding hydrogens is 1310 g/mol. The van der Waals surface area contributed by atoms with E-state index in [1.165, 1.54) is 103 Å². The van der Waals surface area contributed by atoms with E-state index in [0.29, 0.717) is 25.7 Å². The summed E-state index contributed by atoms with van der Waals surface area (Å²) in [4.78, 5) is 72.9. The number of hydrogen-bond donors (Lipinski definition) is 3. The molecular formula is C81H140O17P2. The van der Waals surface area contributed by atoms with E-state index in [1.54, 1.807) is 6.08 Å². The summed E-state index contributed by atoms with van der Waals surface area (Å²) in [5.74, 6) is -2.34. The van der Waals surface area contributed by atoms with E-state index in [2.05, 4.69) is 113 Å². The van der Waals surface area contributed by atoms with Crippen LogP contribution in [0.2, 0.25) is 0 Å². The number of allylic oxidation sites excluding steroid dienone is 17. The molecule has 0 aliphatic carbocycles. The molecule has 0 saturated heterocycles. The van der Waals surface area contributed by atoms with Crippen molar-refractivity contribution in [1.29, 1.82) is 0 Å². The van der Waals surface area contributed by atoms with Crippen molar-refractivity contribution >= 4 is 39.5 Å². The second kappa shape index (κ2) is 73.0. The quantitative estimate of drug-likeness (QED) is 0.0169. The molecule has 0 aromatic carbocycles. The number of hydrogen-bond acceptors (Lipinski definition) is 15. The van der Waals surface area contributed by atoms with Crippen LogP contribution in [0, 0.1) is 0 Å². The van der Waals surface area contributed by atoms with Gasteiger partial charge >= 0.3 is 39.5 Å². The number of aliphatic hydroxyl groups is 1. The van der Waals surface area contributed by atoms with Crippen LogP contribution in [-0.4, -0.2) is 96.7 Å². The molecule has 3 N–H and O–H groups in total. The Balaban J connectivity index is 5.43. The molecule has 19 heteroatoms. The average molecular weight is 1450 g/mol. The molecule has 5 unspecified atom stereocenters. The molecule has 0 bridgehead atoms. The predicted molar refractivity (Wildman–Crippen MR) is 408 cm³/mol. The maximum atomic E-state index is 13.1. The van der Waals surface area contributed by atoms with Gasteiger partial charge < -0.3 is 33.8 Å². The summed E-state index contributed by atoms with van der Waals surface area (Å²) < 4.78 is 68.4. The average Bonchev–Trinajstić information content (AvgIpc) is 1.01. The molecule has 0 aliphatic heterocycles. The zero-order valence-corrected chi connectivity index (χ0v) is 64.6. The Kier molecular flexibility index (Phi) is 69.9. The van der Waals surface area contributed by atoms with Gasteiger partial charge in [-0.1, -0.05) is 291 Å². The van der Waals surface area contributed by atoms with Crippen molar-refractivity contribution in [2.24, 2.45) is 0 Å². The molecule has 0 aromatic rings. The Hall–Kier alpha value is -4.28. The molecule has 0 rings (SSSR count). The van der Waals surface area contributed by atoms with Crippen molar-refractivity contribution in [2.45, 2.75) is 341 Å². The predicted octanol–water partition coefficient (Wildman–Crippen LogP) is 22.6. The molecule has 0 aromatic heterocycles. The zero-order valence-electron chi connectivity index (χ0n) is 62.8. The summed E-state index contributed by atoms with van der Waals surface area (Å²) in [6, 6.07) is 0. The largest absolute Gasteiger partial charge is 0.472 e. The van der Waals surface area contributed by atoms with Crippen LogP contribution in [0.1, 0.15) is 323 Å². The van der Waals surface area contributed by atoms with E-state index in [0.717, 1.165) is 141 Å². The molecule has 0 spiro atoms. The minimum absolute atomic E-state index is 0.0699. The molecule has 0 amide bonds. The highest BCUT2D eigenvalue weighted by Crippen LogP contribution is 2.45. The van der Waals surface area contributed by atoms with Gasteiger partial charge in [0.1, 0.15) is 19.3 Å². The number of unbranched alkanes of at least 4 members (excludes halogenated alkanes) is 30. The molecule has 0 heterocycles. The fourth-order valence-electron chi connectivity index (χ4n) is 10.3. The highest BCUT2D eigenvalue weighted by atomic mass is 31.2. The molecule has 0 saturated carbocycles. The number of phosphoric ester groups is 2. The number of ether oxygens (including phenoxy) is 4. The fraction of sp³-hybridized carbons (Fsp3) is 0.728. The van der Waals surface area contributed by atoms with Crippen molar-refractivity contribution in [1.82, 2.24) is 0 Å². The number of rotatable bonds is 73. The first-order valence-electron chi connectivity index (χ1n) is 39.1. The molecule has 0 fully saturated rings. The van der Waals surface area contributed by atoms with Gasteiger partial charge in [0.15, 0.2) is 12.2 Å². The molecule has 576 valence electrons. The number of esters is 4. The summed E-state index contributed by atoms with van der Waals surface area (Å²) in [5, 5.41) is 10.6. The molecule has 0 radical (unpaired) electrons. The van der Waals surface area contributed by atoms with Crippen molar-refractivity contribution in [2.75, 3.05) is 39.6 Å². The summed E-state index contributed by atoms with van der Waals surface area (Å²) in [6.07, 6.45) is 78.1. The van der Waals surface area contributed by atoms with Gasteiger partial charge in [-0.3, -0.25) is 37.3 Å². The van der Waals surface area contributed by atoms with Crippen LogP contribution in [-0.2, 0) is 65.4 Å². The second-order valence-electron chi connectivity index (χ2n) is 25.9. The summed E-state index contributed by atoms with van der Waals surface area (Å²) in [5.41, 5.74) is 0. The van der Waals surface area contributed by atoms with Crippen molar-refractivity contribution in [3.8, 4) is 0 Å². The van der Waals surface area contributed by atoms with Crippen molar-refractivity contribution < 1.29 is 80.2 Å². The van der Waals surface area contributed by atoms with Gasteiger partial charge in [0.2, 0.25) is 0 Å². The first-order valence-corrected chi connectivity index (χ1v) is 42.1. The molecule has 100 heavy (non-hydrogen) atoms. The lowest BCUT2D eigenvalue weighted by Crippen LogP contribution is -2.30. The minimum Gasteiger partial charge on any atom is -0.462 e. The molecule has 0 aliphatic rings. The fourth-order valence-corrected chi connectivity index (χ4v) is 11.9. The standard InChI is InChI=1S/C81H140O17P2/c1-5-9-13-17-21-25-29-33-37-41-45-49-53-57-61-65-78(83)91-71-76(97-80(85)67-63-59-55-51-47-43-39-35-31-27-23-19-15-11-7-3)73-95-99(87,88)93-69-75(82)70-94-100(89,90)96-74-77(98-81(86)68-64-60-56-52-48-44-40-36-32-28-24-20-16-12-8-4)72-92-79(84)66-62-58-54-50-46-42-38-34-30-26-22-18-14-10-6-2/h9,13,21-22,24-26,28,33-34,36-38,40,45,49,57,61,75-77,82H,5-8,10-12,14-20,23,27,29-32,35,39,41-44,46-48,50-56,58-60,62-74H2,1-4H3,(H,87,88)(H,89,90)/b13-9-,25-21-,26-22-,28-24-,37-33-,38-34-,40-36-,49-45-,61-57-. The number of aliphatic hydroxyl groups excluding tert-OH is 1. The van der Waals surface area contributed by atoms with Gasteiger partial charge in [0.25, 0.3) is 0 Å². The lowest BCUT2D eigenvalue weighted by atomic mass is 10.0. The smallest absolute Gasteiger partial charge is 0.462 e. The van der Waals surface area contributed by atoms with Crippen LogP contribution in [0.25, 0.3) is 0 Å². The van der Waals surface area contributed by atoms with Crippen molar-refractivity contribution in [3.05, 3.63) is 109 Å². The van der Waals surface area contributed by atoms with Crippen LogP contribution in [0.4, 0.5) is 0 Å². The van der Waals surface area contributed by atoms with Gasteiger partial charge in [-0.25, -0.2) is 9.13 Å². The third-order valence-corrected chi connectivity index (χ3v) is 18.2. The molecule has 17 nitrogen and oxygen atoms in total. The monoisotopic (exact) mass is 1450 g/mol. The van der Waals surface area contributed by atoms with Crippen LogP contribution in [0.5, 0.6) is 0 Å². The molecule has 5 atom stereocenters. The third-order valence-electron chi connectivity index (χ3n) is 16.3. The maximum Gasteiger partial charge on any atom is 0.472 e. The van der Waals surface area contributed by atoms with E-state index < -0.39 is 97.5 Å². The lowest BCUT2D eigenvalue weighted by Gasteiger charge is -2.21. The van der Waals surface area contributed by atoms with E-state index in [4.69, 9.17) is 37.0 Å². The Morgan fingerprint density at radius 3 is 0.910 bits per heavy atom. The van der Waals surface area contributed by atoms with E-state index in [9.17, 15) is 43.2 Å². The third kappa shape index (κ3) is 72.1.